The number of piperidine rings is 1. The standard InChI is InChI=1S/C21H30N4O5S/c1-16-2-5-19(25(27)28)14-20(16)31(29,30)24-8-6-18(7-9-24)21(26)23-12-10-22(11-13-23)15-17-3-4-17/h2,5,14,17-18H,3-4,6-13,15H2,1H3. The van der Waals surface area contributed by atoms with Gasteiger partial charge < -0.3 is 4.90 Å². The number of hydrogen-bond acceptors (Lipinski definition) is 6. The molecule has 9 nitrogen and oxygen atoms in total. The first-order valence-corrected chi connectivity index (χ1v) is 12.5. The highest BCUT2D eigenvalue weighted by Gasteiger charge is 2.36. The fourth-order valence-electron chi connectivity index (χ4n) is 4.54. The van der Waals surface area contributed by atoms with Gasteiger partial charge in [-0.05, 0) is 44.1 Å². The molecule has 0 aromatic heterocycles. The molecule has 1 aromatic rings. The first kappa shape index (κ1) is 22.2. The molecule has 2 saturated heterocycles. The molecule has 170 valence electrons. The Kier molecular flexibility index (Phi) is 6.32. The van der Waals surface area contributed by atoms with Crippen LogP contribution in [0.5, 0.6) is 0 Å². The van der Waals surface area contributed by atoms with Crippen molar-refractivity contribution in [2.24, 2.45) is 11.8 Å². The molecule has 1 amide bonds. The van der Waals surface area contributed by atoms with Gasteiger partial charge in [0, 0.05) is 63.9 Å². The normalized spacial score (nSPS) is 21.9. The predicted octanol–water partition coefficient (Wildman–Crippen LogP) is 1.86. The van der Waals surface area contributed by atoms with E-state index in [1.165, 1.54) is 29.3 Å². The Morgan fingerprint density at radius 3 is 2.29 bits per heavy atom. The second kappa shape index (κ2) is 8.84. The second-order valence-corrected chi connectivity index (χ2v) is 10.9. The molecular formula is C21H30N4O5S. The van der Waals surface area contributed by atoms with Crippen molar-refractivity contribution in [1.29, 1.82) is 0 Å². The van der Waals surface area contributed by atoms with Gasteiger partial charge in [0.05, 0.1) is 9.82 Å². The molecular weight excluding hydrogens is 420 g/mol. The fraction of sp³-hybridized carbons (Fsp3) is 0.667. The molecule has 4 rings (SSSR count). The summed E-state index contributed by atoms with van der Waals surface area (Å²) in [6, 6.07) is 3.90. The van der Waals surface area contributed by atoms with E-state index in [-0.39, 0.29) is 35.5 Å². The maximum absolute atomic E-state index is 13.1. The van der Waals surface area contributed by atoms with Gasteiger partial charge in [-0.3, -0.25) is 19.8 Å². The van der Waals surface area contributed by atoms with E-state index in [9.17, 15) is 23.3 Å². The minimum Gasteiger partial charge on any atom is -0.340 e. The van der Waals surface area contributed by atoms with Crippen LogP contribution in [-0.4, -0.2) is 79.2 Å². The number of non-ortho nitro benzene ring substituents is 1. The molecule has 2 heterocycles. The number of nitrogens with zero attached hydrogens (tertiary/aromatic N) is 4. The largest absolute Gasteiger partial charge is 0.340 e. The number of carbonyl (C=O) groups excluding carboxylic acids is 1. The van der Waals surface area contributed by atoms with Crippen molar-refractivity contribution in [2.45, 2.75) is 37.5 Å². The molecule has 1 saturated carbocycles. The minimum absolute atomic E-state index is 0.0294. The molecule has 0 unspecified atom stereocenters. The molecule has 3 aliphatic rings. The van der Waals surface area contributed by atoms with Gasteiger partial charge in [-0.1, -0.05) is 6.07 Å². The number of sulfonamides is 1. The van der Waals surface area contributed by atoms with E-state index in [4.69, 9.17) is 0 Å². The molecule has 2 aliphatic heterocycles. The molecule has 3 fully saturated rings. The Bertz CT molecular complexity index is 947. The second-order valence-electron chi connectivity index (χ2n) is 8.95. The summed E-state index contributed by atoms with van der Waals surface area (Å²) in [6.45, 7) is 6.62. The first-order chi connectivity index (χ1) is 14.8. The average Bonchev–Trinajstić information content (AvgIpc) is 3.58. The van der Waals surface area contributed by atoms with Crippen LogP contribution in [0.25, 0.3) is 0 Å². The molecule has 1 aliphatic carbocycles. The monoisotopic (exact) mass is 450 g/mol. The topological polar surface area (TPSA) is 104 Å². The van der Waals surface area contributed by atoms with Gasteiger partial charge in [-0.2, -0.15) is 4.31 Å². The van der Waals surface area contributed by atoms with Crippen LogP contribution in [0.2, 0.25) is 0 Å². The number of rotatable bonds is 6. The quantitative estimate of drug-likeness (QED) is 0.484. The number of amides is 1. The van der Waals surface area contributed by atoms with Gasteiger partial charge in [0.15, 0.2) is 0 Å². The Hall–Kier alpha value is -2.04. The lowest BCUT2D eigenvalue weighted by atomic mass is 9.96. The molecule has 31 heavy (non-hydrogen) atoms. The van der Waals surface area contributed by atoms with E-state index in [1.54, 1.807) is 6.92 Å². The van der Waals surface area contributed by atoms with Gasteiger partial charge in [-0.25, -0.2) is 8.42 Å². The summed E-state index contributed by atoms with van der Waals surface area (Å²) in [6.07, 6.45) is 3.62. The summed E-state index contributed by atoms with van der Waals surface area (Å²) in [7, 11) is -3.84. The van der Waals surface area contributed by atoms with Crippen LogP contribution in [0.3, 0.4) is 0 Å². The van der Waals surface area contributed by atoms with Crippen LogP contribution >= 0.6 is 0 Å². The number of aryl methyl sites for hydroxylation is 1. The van der Waals surface area contributed by atoms with Crippen LogP contribution in [0.15, 0.2) is 23.1 Å². The number of piperazine rings is 1. The van der Waals surface area contributed by atoms with E-state index >= 15 is 0 Å². The summed E-state index contributed by atoms with van der Waals surface area (Å²) in [5.74, 6) is 0.825. The third-order valence-electron chi connectivity index (χ3n) is 6.70. The molecule has 0 N–H and O–H groups in total. The number of hydrogen-bond donors (Lipinski definition) is 0. The third kappa shape index (κ3) is 4.91. The molecule has 0 spiro atoms. The summed E-state index contributed by atoms with van der Waals surface area (Å²) >= 11 is 0. The molecule has 0 bridgehead atoms. The van der Waals surface area contributed by atoms with E-state index in [0.29, 0.717) is 18.4 Å². The maximum Gasteiger partial charge on any atom is 0.270 e. The average molecular weight is 451 g/mol. The minimum atomic E-state index is -3.84. The van der Waals surface area contributed by atoms with Crippen molar-refractivity contribution in [2.75, 3.05) is 45.8 Å². The van der Waals surface area contributed by atoms with Crippen molar-refractivity contribution >= 4 is 21.6 Å². The van der Waals surface area contributed by atoms with Crippen molar-refractivity contribution in [1.82, 2.24) is 14.1 Å². The van der Waals surface area contributed by atoms with Crippen molar-refractivity contribution in [3.05, 3.63) is 33.9 Å². The molecule has 1 aromatic carbocycles. The first-order valence-electron chi connectivity index (χ1n) is 11.0. The molecule has 0 atom stereocenters. The zero-order chi connectivity index (χ0) is 22.2. The maximum atomic E-state index is 13.1. The van der Waals surface area contributed by atoms with Gasteiger partial charge in [0.1, 0.15) is 0 Å². The number of carbonyl (C=O) groups is 1. The summed E-state index contributed by atoms with van der Waals surface area (Å²) in [4.78, 5) is 27.8. The van der Waals surface area contributed by atoms with Gasteiger partial charge >= 0.3 is 0 Å². The zero-order valence-electron chi connectivity index (χ0n) is 17.9. The predicted molar refractivity (Wildman–Crippen MR) is 115 cm³/mol. The smallest absolute Gasteiger partial charge is 0.270 e. The van der Waals surface area contributed by atoms with Crippen molar-refractivity contribution in [3.8, 4) is 0 Å². The fourth-order valence-corrected chi connectivity index (χ4v) is 6.25. The Balaban J connectivity index is 1.34. The van der Waals surface area contributed by atoms with Gasteiger partial charge in [0.25, 0.3) is 5.69 Å². The van der Waals surface area contributed by atoms with E-state index in [2.05, 4.69) is 4.90 Å². The Morgan fingerprint density at radius 1 is 1.06 bits per heavy atom. The Labute approximate surface area is 183 Å². The van der Waals surface area contributed by atoms with Crippen molar-refractivity contribution in [3.63, 3.8) is 0 Å². The lowest BCUT2D eigenvalue weighted by Crippen LogP contribution is -2.52. The van der Waals surface area contributed by atoms with E-state index in [1.807, 2.05) is 4.90 Å². The summed E-state index contributed by atoms with van der Waals surface area (Å²) in [5.41, 5.74) is 0.239. The third-order valence-corrected chi connectivity index (χ3v) is 8.74. The van der Waals surface area contributed by atoms with Gasteiger partial charge in [-0.15, -0.1) is 0 Å². The Morgan fingerprint density at radius 2 is 1.71 bits per heavy atom. The lowest BCUT2D eigenvalue weighted by Gasteiger charge is -2.38. The zero-order valence-corrected chi connectivity index (χ0v) is 18.7. The number of nitro benzene ring substituents is 1. The van der Waals surface area contributed by atoms with Crippen LogP contribution in [-0.2, 0) is 14.8 Å². The van der Waals surface area contributed by atoms with Crippen LogP contribution in [0.1, 0.15) is 31.2 Å². The van der Waals surface area contributed by atoms with E-state index < -0.39 is 14.9 Å². The lowest BCUT2D eigenvalue weighted by molar-refractivity contribution is -0.385. The van der Waals surface area contributed by atoms with E-state index in [0.717, 1.165) is 44.7 Å². The number of benzene rings is 1. The highest BCUT2D eigenvalue weighted by Crippen LogP contribution is 2.31. The highest BCUT2D eigenvalue weighted by molar-refractivity contribution is 7.89. The molecule has 0 radical (unpaired) electrons. The highest BCUT2D eigenvalue weighted by atomic mass is 32.2. The molecule has 10 heteroatoms. The summed E-state index contributed by atoms with van der Waals surface area (Å²) < 4.78 is 27.5. The van der Waals surface area contributed by atoms with Crippen LogP contribution in [0.4, 0.5) is 5.69 Å². The van der Waals surface area contributed by atoms with Gasteiger partial charge in [0.2, 0.25) is 15.9 Å². The van der Waals surface area contributed by atoms with Crippen LogP contribution < -0.4 is 0 Å². The summed E-state index contributed by atoms with van der Waals surface area (Å²) in [5, 5.41) is 11.1. The van der Waals surface area contributed by atoms with Crippen LogP contribution in [0, 0.1) is 28.9 Å². The number of nitro groups is 1. The SMILES string of the molecule is Cc1ccc([N+](=O)[O-])cc1S(=O)(=O)N1CCC(C(=O)N2CCN(CC3CC3)CC2)CC1. The van der Waals surface area contributed by atoms with Crippen molar-refractivity contribution < 1.29 is 18.1 Å².